The number of carbonyl (C=O) groups is 2. The van der Waals surface area contributed by atoms with E-state index in [0.717, 1.165) is 34.4 Å². The molecule has 0 saturated carbocycles. The maximum atomic E-state index is 14.9. The lowest BCUT2D eigenvalue weighted by atomic mass is 9.97. The molecule has 41 heavy (non-hydrogen) atoms. The molecule has 10 nitrogen and oxygen atoms in total. The number of rotatable bonds is 9. The van der Waals surface area contributed by atoms with Crippen molar-refractivity contribution in [1.29, 1.82) is 0 Å². The van der Waals surface area contributed by atoms with Crippen molar-refractivity contribution in [3.05, 3.63) is 76.7 Å². The zero-order chi connectivity index (χ0) is 29.7. The maximum Gasteiger partial charge on any atom is 0.328 e. The number of amides is 3. The summed E-state index contributed by atoms with van der Waals surface area (Å²) in [6, 6.07) is 7.82. The smallest absolute Gasteiger partial charge is 0.328 e. The summed E-state index contributed by atoms with van der Waals surface area (Å²) in [7, 11) is 0. The van der Waals surface area contributed by atoms with Gasteiger partial charge >= 0.3 is 6.03 Å². The monoisotopic (exact) mass is 580 g/mol. The van der Waals surface area contributed by atoms with Crippen LogP contribution >= 0.6 is 11.8 Å². The van der Waals surface area contributed by atoms with Gasteiger partial charge in [0, 0.05) is 35.8 Å². The van der Waals surface area contributed by atoms with Crippen LogP contribution in [-0.4, -0.2) is 46.2 Å². The fraction of sp³-hybridized carbons (Fsp3) is 0.250. The number of urea groups is 1. The van der Waals surface area contributed by atoms with E-state index < -0.39 is 29.3 Å². The lowest BCUT2D eigenvalue weighted by molar-refractivity contribution is 0.100. The average molecular weight is 581 g/mol. The Morgan fingerprint density at radius 2 is 1.98 bits per heavy atom. The zero-order valence-electron chi connectivity index (χ0n) is 22.8. The molecule has 1 aliphatic rings. The molecule has 0 spiro atoms. The van der Waals surface area contributed by atoms with Crippen molar-refractivity contribution in [2.45, 2.75) is 33.4 Å². The number of nitrogens with one attached hydrogen (secondary N) is 3. The van der Waals surface area contributed by atoms with Crippen LogP contribution in [0.2, 0.25) is 0 Å². The Balaban J connectivity index is 1.88. The SMILES string of the molecule is C=CSC(N)=NC(=O)c1ccc(C)c(-c2nc(NCCNC(C)C)nc3c2CNC(=O)N3c2c(F)cccc2F)c1. The third-order valence-corrected chi connectivity index (χ3v) is 6.59. The number of aromatic nitrogens is 2. The number of nitrogens with two attached hydrogens (primary N) is 1. The van der Waals surface area contributed by atoms with Crippen LogP contribution in [0.4, 0.5) is 31.0 Å². The van der Waals surface area contributed by atoms with Crippen molar-refractivity contribution >= 4 is 46.3 Å². The van der Waals surface area contributed by atoms with Gasteiger partial charge in [0.1, 0.15) is 17.3 Å². The Hall–Kier alpha value is -4.36. The quantitative estimate of drug-likeness (QED) is 0.160. The highest BCUT2D eigenvalue weighted by molar-refractivity contribution is 8.16. The summed E-state index contributed by atoms with van der Waals surface area (Å²) in [5.74, 6) is -2.27. The summed E-state index contributed by atoms with van der Waals surface area (Å²) >= 11 is 1.02. The molecule has 3 aromatic rings. The number of para-hydroxylation sites is 1. The highest BCUT2D eigenvalue weighted by Crippen LogP contribution is 2.39. The number of amidine groups is 1. The summed E-state index contributed by atoms with van der Waals surface area (Å²) in [5.41, 5.74) is 7.56. The van der Waals surface area contributed by atoms with Crippen LogP contribution in [-0.2, 0) is 6.54 Å². The first-order chi connectivity index (χ1) is 19.6. The van der Waals surface area contributed by atoms with Crippen molar-refractivity contribution in [2.75, 3.05) is 23.3 Å². The van der Waals surface area contributed by atoms with Crippen molar-refractivity contribution in [3.8, 4) is 11.3 Å². The van der Waals surface area contributed by atoms with Crippen LogP contribution in [0.3, 0.4) is 0 Å². The summed E-state index contributed by atoms with van der Waals surface area (Å²) in [6.07, 6.45) is 0. The van der Waals surface area contributed by atoms with Gasteiger partial charge in [0.15, 0.2) is 11.0 Å². The molecule has 214 valence electrons. The predicted octanol–water partition coefficient (Wildman–Crippen LogP) is 4.83. The third kappa shape index (κ3) is 6.69. The van der Waals surface area contributed by atoms with Crippen molar-refractivity contribution in [2.24, 2.45) is 10.7 Å². The van der Waals surface area contributed by atoms with Crippen LogP contribution in [0.5, 0.6) is 0 Å². The highest BCUT2D eigenvalue weighted by atomic mass is 32.2. The molecule has 4 rings (SSSR count). The molecule has 0 saturated heterocycles. The summed E-state index contributed by atoms with van der Waals surface area (Å²) < 4.78 is 29.8. The van der Waals surface area contributed by atoms with Crippen LogP contribution < -0.4 is 26.6 Å². The standard InChI is InChI=1S/C28H30F2N8O2S/c1-5-41-26(31)37-25(39)17-10-9-16(4)18(13-17)22-19-14-34-28(40)38(23-20(29)7-6-8-21(23)30)24(19)36-27(35-22)33-12-11-32-15(2)3/h5-10,13,15,32H,1,11-12,14H2,2-4H3,(H,34,40)(H2,31,37,39)(H,33,35,36). The van der Waals surface area contributed by atoms with E-state index in [1.165, 1.54) is 11.5 Å². The molecule has 1 aromatic heterocycles. The molecule has 2 heterocycles. The maximum absolute atomic E-state index is 14.9. The van der Waals surface area contributed by atoms with E-state index in [0.29, 0.717) is 29.9 Å². The predicted molar refractivity (Wildman–Crippen MR) is 158 cm³/mol. The lowest BCUT2D eigenvalue weighted by Crippen LogP contribution is -2.43. The minimum Gasteiger partial charge on any atom is -0.378 e. The Kier molecular flexibility index (Phi) is 9.30. The van der Waals surface area contributed by atoms with E-state index in [1.807, 2.05) is 20.8 Å². The Morgan fingerprint density at radius 3 is 2.66 bits per heavy atom. The molecular weight excluding hydrogens is 550 g/mol. The highest BCUT2D eigenvalue weighted by Gasteiger charge is 2.34. The van der Waals surface area contributed by atoms with Gasteiger partial charge in [-0.15, -0.1) is 0 Å². The van der Waals surface area contributed by atoms with Gasteiger partial charge in [0.25, 0.3) is 5.91 Å². The number of halogens is 2. The third-order valence-electron chi connectivity index (χ3n) is 6.09. The second-order valence-electron chi connectivity index (χ2n) is 9.37. The van der Waals surface area contributed by atoms with Gasteiger partial charge in [-0.1, -0.05) is 44.3 Å². The van der Waals surface area contributed by atoms with Crippen LogP contribution in [0.1, 0.15) is 35.3 Å². The minimum absolute atomic E-state index is 0.00997. The number of benzene rings is 2. The number of carbonyl (C=O) groups excluding carboxylic acids is 2. The van der Waals surface area contributed by atoms with Gasteiger partial charge < -0.3 is 21.7 Å². The second kappa shape index (κ2) is 12.9. The summed E-state index contributed by atoms with van der Waals surface area (Å²) in [6.45, 7) is 10.4. The number of aryl methyl sites for hydroxylation is 1. The number of fused-ring (bicyclic) bond motifs is 1. The number of anilines is 3. The average Bonchev–Trinajstić information content (AvgIpc) is 2.92. The lowest BCUT2D eigenvalue weighted by Gasteiger charge is -2.31. The van der Waals surface area contributed by atoms with Gasteiger partial charge in [0.2, 0.25) is 5.95 Å². The molecule has 0 radical (unpaired) electrons. The van der Waals surface area contributed by atoms with E-state index in [2.05, 4.69) is 32.5 Å². The second-order valence-corrected chi connectivity index (χ2v) is 10.4. The van der Waals surface area contributed by atoms with Gasteiger partial charge in [0.05, 0.1) is 12.2 Å². The minimum atomic E-state index is -0.930. The zero-order valence-corrected chi connectivity index (χ0v) is 23.6. The Morgan fingerprint density at radius 1 is 1.24 bits per heavy atom. The van der Waals surface area contributed by atoms with Gasteiger partial charge in [-0.2, -0.15) is 9.98 Å². The van der Waals surface area contributed by atoms with Crippen LogP contribution in [0.25, 0.3) is 11.3 Å². The molecule has 0 unspecified atom stereocenters. The topological polar surface area (TPSA) is 138 Å². The first-order valence-electron chi connectivity index (χ1n) is 12.8. The van der Waals surface area contributed by atoms with Gasteiger partial charge in [-0.05, 0) is 42.2 Å². The summed E-state index contributed by atoms with van der Waals surface area (Å²) in [4.78, 5) is 39.9. The van der Waals surface area contributed by atoms with Crippen LogP contribution in [0.15, 0.2) is 53.4 Å². The number of thioether (sulfide) groups is 1. The molecule has 0 fully saturated rings. The normalized spacial score (nSPS) is 13.2. The Bertz CT molecular complexity index is 1510. The van der Waals surface area contributed by atoms with Gasteiger partial charge in [-0.25, -0.2) is 23.5 Å². The molecule has 0 atom stereocenters. The molecule has 1 aliphatic heterocycles. The molecule has 3 amide bonds. The Labute approximate surface area is 240 Å². The number of nitrogens with zero attached hydrogens (tertiary/aromatic N) is 4. The first kappa shape index (κ1) is 29.6. The summed E-state index contributed by atoms with van der Waals surface area (Å²) in [5, 5.41) is 10.6. The molecule has 2 aromatic carbocycles. The van der Waals surface area contributed by atoms with E-state index in [9.17, 15) is 18.4 Å². The van der Waals surface area contributed by atoms with Crippen molar-refractivity contribution in [3.63, 3.8) is 0 Å². The molecular formula is C28H30F2N8O2S. The molecule has 0 aliphatic carbocycles. The fourth-order valence-electron chi connectivity index (χ4n) is 4.19. The number of hydrogen-bond donors (Lipinski definition) is 4. The van der Waals surface area contributed by atoms with Crippen molar-refractivity contribution in [1.82, 2.24) is 20.6 Å². The van der Waals surface area contributed by atoms with Gasteiger partial charge in [-0.3, -0.25) is 4.79 Å². The van der Waals surface area contributed by atoms with Crippen LogP contribution in [0, 0.1) is 18.6 Å². The molecule has 0 bridgehead atoms. The number of aliphatic imine (C=N–C) groups is 1. The van der Waals surface area contributed by atoms with E-state index >= 15 is 0 Å². The van der Waals surface area contributed by atoms with E-state index in [-0.39, 0.29) is 35.1 Å². The van der Waals surface area contributed by atoms with E-state index in [1.54, 1.807) is 18.2 Å². The van der Waals surface area contributed by atoms with Crippen molar-refractivity contribution < 1.29 is 18.4 Å². The number of hydrogen-bond acceptors (Lipinski definition) is 7. The first-order valence-corrected chi connectivity index (χ1v) is 13.7. The molecule has 5 N–H and O–H groups in total. The largest absolute Gasteiger partial charge is 0.378 e. The van der Waals surface area contributed by atoms with E-state index in [4.69, 9.17) is 10.7 Å². The fourth-order valence-corrected chi connectivity index (χ4v) is 4.50. The molecule has 13 heteroatoms.